The molecule has 0 fully saturated rings. The number of pyridine rings is 2. The molecule has 0 unspecified atom stereocenters. The van der Waals surface area contributed by atoms with Crippen LogP contribution in [-0.4, -0.2) is 20.1 Å². The van der Waals surface area contributed by atoms with Crippen LogP contribution in [0.25, 0.3) is 22.3 Å². The monoisotopic (exact) mass is 372 g/mol. The molecule has 27 heavy (non-hydrogen) atoms. The van der Waals surface area contributed by atoms with Crippen molar-refractivity contribution in [2.24, 2.45) is 0 Å². The van der Waals surface area contributed by atoms with Gasteiger partial charge in [0.15, 0.2) is 0 Å². The predicted molar refractivity (Wildman–Crippen MR) is 89.9 cm³/mol. The topological polar surface area (TPSA) is 84.7 Å². The molecule has 0 bridgehead atoms. The number of para-hydroxylation sites is 1. The van der Waals surface area contributed by atoms with Crippen molar-refractivity contribution in [3.63, 3.8) is 0 Å². The van der Waals surface area contributed by atoms with Gasteiger partial charge in [0.2, 0.25) is 5.82 Å². The predicted octanol–water partition coefficient (Wildman–Crippen LogP) is 3.58. The maximum absolute atomic E-state index is 12.7. The van der Waals surface area contributed by atoms with Crippen molar-refractivity contribution in [2.75, 3.05) is 0 Å². The number of aromatic amines is 1. The highest BCUT2D eigenvalue weighted by Gasteiger charge is 2.38. The molecule has 6 nitrogen and oxygen atoms in total. The summed E-state index contributed by atoms with van der Waals surface area (Å²) in [4.78, 5) is 22.6. The summed E-state index contributed by atoms with van der Waals surface area (Å²) in [6.07, 6.45) is -1.64. The first-order valence-electron chi connectivity index (χ1n) is 7.88. The molecule has 0 aliphatic rings. The summed E-state index contributed by atoms with van der Waals surface area (Å²) in [6, 6.07) is 10.6. The minimum absolute atomic E-state index is 0.171. The van der Waals surface area contributed by atoms with Crippen molar-refractivity contribution >= 4 is 10.9 Å². The van der Waals surface area contributed by atoms with Gasteiger partial charge in [-0.15, -0.1) is 0 Å². The van der Waals surface area contributed by atoms with Crippen molar-refractivity contribution in [3.8, 4) is 11.4 Å². The van der Waals surface area contributed by atoms with E-state index in [1.165, 1.54) is 12.3 Å². The van der Waals surface area contributed by atoms with Gasteiger partial charge in [0, 0.05) is 35.3 Å². The maximum atomic E-state index is 12.7. The Morgan fingerprint density at radius 3 is 2.70 bits per heavy atom. The fourth-order valence-electron chi connectivity index (χ4n) is 2.84. The molecule has 0 amide bonds. The van der Waals surface area contributed by atoms with Crippen LogP contribution in [0.4, 0.5) is 13.2 Å². The third kappa shape index (κ3) is 3.19. The van der Waals surface area contributed by atoms with Gasteiger partial charge in [-0.2, -0.15) is 18.2 Å². The van der Waals surface area contributed by atoms with Gasteiger partial charge in [-0.3, -0.25) is 9.78 Å². The Kier molecular flexibility index (Phi) is 3.98. The van der Waals surface area contributed by atoms with Crippen molar-refractivity contribution in [1.29, 1.82) is 0 Å². The number of halogens is 3. The molecular weight excluding hydrogens is 361 g/mol. The van der Waals surface area contributed by atoms with Crippen LogP contribution in [0.1, 0.15) is 17.0 Å². The number of rotatable bonds is 3. The van der Waals surface area contributed by atoms with Crippen LogP contribution in [0.15, 0.2) is 58.1 Å². The van der Waals surface area contributed by atoms with Gasteiger partial charge in [0.1, 0.15) is 0 Å². The van der Waals surface area contributed by atoms with Crippen LogP contribution in [0.5, 0.6) is 0 Å². The first-order chi connectivity index (χ1) is 12.9. The molecule has 1 aromatic carbocycles. The first-order valence-corrected chi connectivity index (χ1v) is 7.88. The molecular formula is C18H11F3N4O2. The average Bonchev–Trinajstić information content (AvgIpc) is 3.14. The largest absolute Gasteiger partial charge is 0.471 e. The van der Waals surface area contributed by atoms with Crippen molar-refractivity contribution in [1.82, 2.24) is 20.1 Å². The van der Waals surface area contributed by atoms with Gasteiger partial charge in [-0.1, -0.05) is 23.4 Å². The van der Waals surface area contributed by atoms with E-state index >= 15 is 0 Å². The van der Waals surface area contributed by atoms with Crippen molar-refractivity contribution < 1.29 is 17.7 Å². The van der Waals surface area contributed by atoms with Crippen LogP contribution >= 0.6 is 0 Å². The Bertz CT molecular complexity index is 1180. The summed E-state index contributed by atoms with van der Waals surface area (Å²) < 4.78 is 42.5. The summed E-state index contributed by atoms with van der Waals surface area (Å²) in [5.41, 5.74) is 1.54. The molecule has 0 spiro atoms. The third-order valence-electron chi connectivity index (χ3n) is 4.08. The smallest absolute Gasteiger partial charge is 0.329 e. The summed E-state index contributed by atoms with van der Waals surface area (Å²) >= 11 is 0. The second-order valence-electron chi connectivity index (χ2n) is 5.78. The first kappa shape index (κ1) is 17.0. The molecule has 4 rings (SSSR count). The molecule has 0 atom stereocenters. The van der Waals surface area contributed by atoms with E-state index in [0.717, 1.165) is 16.5 Å². The molecule has 9 heteroatoms. The number of alkyl halides is 3. The fraction of sp³-hybridized carbons (Fsp3) is 0.111. The number of hydrogen-bond acceptors (Lipinski definition) is 5. The molecule has 0 aliphatic heterocycles. The van der Waals surface area contributed by atoms with Crippen molar-refractivity contribution in [2.45, 2.75) is 12.6 Å². The van der Waals surface area contributed by atoms with Gasteiger partial charge in [-0.25, -0.2) is 0 Å². The Morgan fingerprint density at radius 1 is 1.11 bits per heavy atom. The second-order valence-corrected chi connectivity index (χ2v) is 5.78. The number of nitrogens with one attached hydrogen (secondary N) is 1. The van der Waals surface area contributed by atoms with E-state index in [1.54, 1.807) is 12.3 Å². The summed E-state index contributed by atoms with van der Waals surface area (Å²) in [5.74, 6) is -1.75. The third-order valence-corrected chi connectivity index (χ3v) is 4.08. The van der Waals surface area contributed by atoms with Crippen LogP contribution in [0.2, 0.25) is 0 Å². The number of aromatic nitrogens is 4. The van der Waals surface area contributed by atoms with Crippen molar-refractivity contribution in [3.05, 3.63) is 76.2 Å². The molecule has 4 aromatic rings. The lowest BCUT2D eigenvalue weighted by Gasteiger charge is -2.08. The molecule has 0 radical (unpaired) electrons. The summed E-state index contributed by atoms with van der Waals surface area (Å²) in [6.45, 7) is 0. The Morgan fingerprint density at radius 2 is 1.93 bits per heavy atom. The SMILES string of the molecule is O=c1[nH]ccc(-c2noc(C(F)(F)F)n2)c1Cc1ccnc2ccccc12. The van der Waals surface area contributed by atoms with Gasteiger partial charge < -0.3 is 9.51 Å². The molecule has 0 saturated carbocycles. The molecule has 3 aromatic heterocycles. The average molecular weight is 372 g/mol. The lowest BCUT2D eigenvalue weighted by atomic mass is 9.98. The standard InChI is InChI=1S/C18H11F3N4O2/c19-18(20,21)17-24-15(25-27-17)12-6-8-23-16(26)13(12)9-10-5-7-22-14-4-2-1-3-11(10)14/h1-8H,9H2,(H,23,26). The lowest BCUT2D eigenvalue weighted by molar-refractivity contribution is -0.159. The number of nitrogens with zero attached hydrogens (tertiary/aromatic N) is 3. The van der Waals surface area contributed by atoms with Crippen LogP contribution in [0.3, 0.4) is 0 Å². The zero-order valence-electron chi connectivity index (χ0n) is 13.6. The van der Waals surface area contributed by atoms with Crippen LogP contribution in [0, 0.1) is 0 Å². The highest BCUT2D eigenvalue weighted by molar-refractivity contribution is 5.82. The maximum Gasteiger partial charge on any atom is 0.471 e. The van der Waals surface area contributed by atoms with E-state index in [1.807, 2.05) is 24.3 Å². The Balaban J connectivity index is 1.82. The van der Waals surface area contributed by atoms with Crippen LogP contribution in [-0.2, 0) is 12.6 Å². The van der Waals surface area contributed by atoms with Gasteiger partial charge in [0.25, 0.3) is 5.56 Å². The zero-order valence-corrected chi connectivity index (χ0v) is 13.6. The molecule has 1 N–H and O–H groups in total. The highest BCUT2D eigenvalue weighted by Crippen LogP contribution is 2.30. The van der Waals surface area contributed by atoms with E-state index in [0.29, 0.717) is 0 Å². The highest BCUT2D eigenvalue weighted by atomic mass is 19.4. The Labute approximate surface area is 149 Å². The summed E-state index contributed by atoms with van der Waals surface area (Å²) in [5, 5.41) is 4.23. The van der Waals surface area contributed by atoms with Gasteiger partial charge >= 0.3 is 12.1 Å². The zero-order chi connectivity index (χ0) is 19.0. The molecule has 3 heterocycles. The second kappa shape index (κ2) is 6.35. The number of fused-ring (bicyclic) bond motifs is 1. The van der Waals surface area contributed by atoms with E-state index in [9.17, 15) is 18.0 Å². The van der Waals surface area contributed by atoms with E-state index in [4.69, 9.17) is 0 Å². The van der Waals surface area contributed by atoms with Crippen LogP contribution < -0.4 is 5.56 Å². The minimum Gasteiger partial charge on any atom is -0.329 e. The molecule has 0 aliphatic carbocycles. The van der Waals surface area contributed by atoms with Gasteiger partial charge in [-0.05, 0) is 23.8 Å². The van der Waals surface area contributed by atoms with E-state index < -0.39 is 17.6 Å². The lowest BCUT2D eigenvalue weighted by Crippen LogP contribution is -2.14. The molecule has 136 valence electrons. The normalized spacial score (nSPS) is 11.8. The quantitative estimate of drug-likeness (QED) is 0.594. The molecule has 0 saturated heterocycles. The minimum atomic E-state index is -4.76. The van der Waals surface area contributed by atoms with Gasteiger partial charge in [0.05, 0.1) is 5.52 Å². The van der Waals surface area contributed by atoms with E-state index in [2.05, 4.69) is 24.6 Å². The van der Waals surface area contributed by atoms with E-state index in [-0.39, 0.29) is 23.4 Å². The number of hydrogen-bond donors (Lipinski definition) is 1. The number of H-pyrrole nitrogens is 1. The number of benzene rings is 1. The fourth-order valence-corrected chi connectivity index (χ4v) is 2.84. The summed E-state index contributed by atoms with van der Waals surface area (Å²) in [7, 11) is 0. The Hall–Kier alpha value is -3.49.